The van der Waals surface area contributed by atoms with Crippen molar-refractivity contribution in [1.82, 2.24) is 15.5 Å². The first-order chi connectivity index (χ1) is 9.83. The summed E-state index contributed by atoms with van der Waals surface area (Å²) < 4.78 is 10.5. The van der Waals surface area contributed by atoms with Crippen LogP contribution in [-0.4, -0.2) is 29.4 Å². The van der Waals surface area contributed by atoms with Crippen molar-refractivity contribution >= 4 is 0 Å². The Bertz CT molecular complexity index is 535. The van der Waals surface area contributed by atoms with Gasteiger partial charge in [-0.05, 0) is 18.4 Å². The largest absolute Gasteiger partial charge is 0.381 e. The van der Waals surface area contributed by atoms with Crippen LogP contribution in [0.2, 0.25) is 0 Å². The van der Waals surface area contributed by atoms with Crippen LogP contribution in [0.25, 0.3) is 0 Å². The summed E-state index contributed by atoms with van der Waals surface area (Å²) in [5.74, 6) is 1.38. The van der Waals surface area contributed by atoms with Gasteiger partial charge in [0.15, 0.2) is 5.82 Å². The maximum Gasteiger partial charge on any atom is 0.240 e. The minimum absolute atomic E-state index is 0.406. The van der Waals surface area contributed by atoms with Gasteiger partial charge in [0.2, 0.25) is 5.89 Å². The van der Waals surface area contributed by atoms with E-state index in [1.165, 1.54) is 5.56 Å². The average molecular weight is 273 g/mol. The standard InChI is InChI=1S/C15H19N3O2/c1-19-13-8-12(9-13)16-10-15-17-14(18-20-15)7-11-5-3-2-4-6-11/h2-6,12-13,16H,7-10H2,1H3. The van der Waals surface area contributed by atoms with E-state index in [0.29, 0.717) is 31.0 Å². The van der Waals surface area contributed by atoms with Gasteiger partial charge in [-0.1, -0.05) is 35.5 Å². The molecule has 1 fully saturated rings. The molecule has 1 aromatic heterocycles. The Balaban J connectivity index is 1.47. The van der Waals surface area contributed by atoms with E-state index in [-0.39, 0.29) is 0 Å². The molecule has 5 heteroatoms. The molecule has 5 nitrogen and oxygen atoms in total. The Morgan fingerprint density at radius 3 is 2.85 bits per heavy atom. The zero-order valence-electron chi connectivity index (χ0n) is 11.6. The maximum atomic E-state index is 5.25. The van der Waals surface area contributed by atoms with E-state index in [0.717, 1.165) is 18.7 Å². The Labute approximate surface area is 118 Å². The highest BCUT2D eigenvalue weighted by Crippen LogP contribution is 2.22. The molecule has 1 saturated carbocycles. The third-order valence-corrected chi connectivity index (χ3v) is 3.69. The van der Waals surface area contributed by atoms with Crippen molar-refractivity contribution in [1.29, 1.82) is 0 Å². The predicted molar refractivity (Wildman–Crippen MR) is 74.2 cm³/mol. The summed E-state index contributed by atoms with van der Waals surface area (Å²) in [6, 6.07) is 10.7. The number of aromatic nitrogens is 2. The molecule has 0 saturated heterocycles. The molecule has 0 radical (unpaired) electrons. The van der Waals surface area contributed by atoms with Crippen LogP contribution in [0.4, 0.5) is 0 Å². The van der Waals surface area contributed by atoms with Gasteiger partial charge in [-0.15, -0.1) is 0 Å². The highest BCUT2D eigenvalue weighted by atomic mass is 16.5. The fourth-order valence-corrected chi connectivity index (χ4v) is 2.37. The number of nitrogens with zero attached hydrogens (tertiary/aromatic N) is 2. The fraction of sp³-hybridized carbons (Fsp3) is 0.467. The minimum Gasteiger partial charge on any atom is -0.381 e. The second kappa shape index (κ2) is 6.15. The van der Waals surface area contributed by atoms with Crippen LogP contribution in [0, 0.1) is 0 Å². The van der Waals surface area contributed by atoms with Crippen LogP contribution in [0.15, 0.2) is 34.9 Å². The summed E-state index contributed by atoms with van der Waals surface area (Å²) in [5.41, 5.74) is 1.19. The molecule has 2 aromatic rings. The van der Waals surface area contributed by atoms with E-state index < -0.39 is 0 Å². The molecule has 0 atom stereocenters. The molecular formula is C15H19N3O2. The minimum atomic E-state index is 0.406. The van der Waals surface area contributed by atoms with Crippen LogP contribution >= 0.6 is 0 Å². The van der Waals surface area contributed by atoms with Crippen molar-refractivity contribution in [3.8, 4) is 0 Å². The molecule has 1 heterocycles. The summed E-state index contributed by atoms with van der Waals surface area (Å²) in [4.78, 5) is 4.40. The number of hydrogen-bond donors (Lipinski definition) is 1. The molecule has 1 aliphatic rings. The lowest BCUT2D eigenvalue weighted by atomic mass is 9.89. The van der Waals surface area contributed by atoms with Crippen LogP contribution in [0.1, 0.15) is 30.1 Å². The summed E-state index contributed by atoms with van der Waals surface area (Å²) in [5, 5.41) is 7.41. The van der Waals surface area contributed by atoms with Crippen molar-refractivity contribution < 1.29 is 9.26 Å². The second-order valence-corrected chi connectivity index (χ2v) is 5.17. The molecule has 0 spiro atoms. The normalized spacial score (nSPS) is 21.6. The lowest BCUT2D eigenvalue weighted by molar-refractivity contribution is 0.0163. The summed E-state index contributed by atoms with van der Waals surface area (Å²) >= 11 is 0. The Kier molecular flexibility index (Phi) is 4.08. The zero-order valence-corrected chi connectivity index (χ0v) is 11.6. The number of rotatable bonds is 6. The molecule has 1 aromatic carbocycles. The van der Waals surface area contributed by atoms with Gasteiger partial charge < -0.3 is 14.6 Å². The van der Waals surface area contributed by atoms with E-state index >= 15 is 0 Å². The van der Waals surface area contributed by atoms with Crippen LogP contribution < -0.4 is 5.32 Å². The van der Waals surface area contributed by atoms with Gasteiger partial charge >= 0.3 is 0 Å². The smallest absolute Gasteiger partial charge is 0.240 e. The van der Waals surface area contributed by atoms with Crippen molar-refractivity contribution in [3.05, 3.63) is 47.6 Å². The zero-order chi connectivity index (χ0) is 13.8. The van der Waals surface area contributed by atoms with Crippen molar-refractivity contribution in [2.24, 2.45) is 0 Å². The van der Waals surface area contributed by atoms with Crippen molar-refractivity contribution in [3.63, 3.8) is 0 Å². The van der Waals surface area contributed by atoms with Gasteiger partial charge in [-0.25, -0.2) is 0 Å². The third-order valence-electron chi connectivity index (χ3n) is 3.69. The molecule has 0 bridgehead atoms. The van der Waals surface area contributed by atoms with Crippen molar-refractivity contribution in [2.75, 3.05) is 7.11 Å². The van der Waals surface area contributed by atoms with E-state index in [1.807, 2.05) is 18.2 Å². The Morgan fingerprint density at radius 2 is 2.10 bits per heavy atom. The van der Waals surface area contributed by atoms with Crippen molar-refractivity contribution in [2.45, 2.75) is 38.0 Å². The number of nitrogens with one attached hydrogen (secondary N) is 1. The molecule has 1 aliphatic carbocycles. The van der Waals surface area contributed by atoms with Gasteiger partial charge in [0, 0.05) is 19.6 Å². The highest BCUT2D eigenvalue weighted by molar-refractivity contribution is 5.18. The lowest BCUT2D eigenvalue weighted by Crippen LogP contribution is -2.44. The Morgan fingerprint density at radius 1 is 1.30 bits per heavy atom. The van der Waals surface area contributed by atoms with E-state index in [4.69, 9.17) is 9.26 Å². The Hall–Kier alpha value is -1.72. The number of methoxy groups -OCH3 is 1. The van der Waals surface area contributed by atoms with Gasteiger partial charge in [0.1, 0.15) is 0 Å². The molecule has 106 valence electrons. The van der Waals surface area contributed by atoms with Gasteiger partial charge in [0.05, 0.1) is 12.6 Å². The van der Waals surface area contributed by atoms with E-state index in [9.17, 15) is 0 Å². The second-order valence-electron chi connectivity index (χ2n) is 5.17. The summed E-state index contributed by atoms with van der Waals surface area (Å²) in [6.07, 6.45) is 3.23. The molecule has 0 unspecified atom stereocenters. The molecule has 1 N–H and O–H groups in total. The molecule has 0 amide bonds. The first kappa shape index (κ1) is 13.3. The SMILES string of the molecule is COC1CC(NCc2nc(Cc3ccccc3)no2)C1. The molecule has 20 heavy (non-hydrogen) atoms. The van der Waals surface area contributed by atoms with E-state index in [2.05, 4.69) is 27.6 Å². The van der Waals surface area contributed by atoms with Gasteiger partial charge in [-0.2, -0.15) is 4.98 Å². The van der Waals surface area contributed by atoms with Crippen LogP contribution in [0.5, 0.6) is 0 Å². The summed E-state index contributed by atoms with van der Waals surface area (Å²) in [7, 11) is 1.76. The molecular weight excluding hydrogens is 254 g/mol. The van der Waals surface area contributed by atoms with Gasteiger partial charge in [-0.3, -0.25) is 0 Å². The van der Waals surface area contributed by atoms with Gasteiger partial charge in [0.25, 0.3) is 0 Å². The number of benzene rings is 1. The highest BCUT2D eigenvalue weighted by Gasteiger charge is 2.28. The number of hydrogen-bond acceptors (Lipinski definition) is 5. The quantitative estimate of drug-likeness (QED) is 0.871. The molecule has 0 aliphatic heterocycles. The van der Waals surface area contributed by atoms with Crippen LogP contribution in [-0.2, 0) is 17.7 Å². The molecule has 3 rings (SSSR count). The predicted octanol–water partition coefficient (Wildman–Crippen LogP) is 1.93. The summed E-state index contributed by atoms with van der Waals surface area (Å²) in [6.45, 7) is 0.628. The maximum absolute atomic E-state index is 5.25. The fourth-order valence-electron chi connectivity index (χ4n) is 2.37. The lowest BCUT2D eigenvalue weighted by Gasteiger charge is -2.34. The third kappa shape index (κ3) is 3.23. The first-order valence-corrected chi connectivity index (χ1v) is 6.95. The first-order valence-electron chi connectivity index (χ1n) is 6.95. The van der Waals surface area contributed by atoms with Crippen LogP contribution in [0.3, 0.4) is 0 Å². The van der Waals surface area contributed by atoms with E-state index in [1.54, 1.807) is 7.11 Å². The average Bonchev–Trinajstić information content (AvgIpc) is 2.86. The monoisotopic (exact) mass is 273 g/mol. The topological polar surface area (TPSA) is 60.2 Å². The number of ether oxygens (including phenoxy) is 1.